The first-order valence-electron chi connectivity index (χ1n) is 7.39. The number of nitrogen functional groups attached to an aromatic ring is 1. The van der Waals surface area contributed by atoms with E-state index in [2.05, 4.69) is 15.0 Å². The topological polar surface area (TPSA) is 107 Å². The highest BCUT2D eigenvalue weighted by molar-refractivity contribution is 5.96. The molecule has 1 aliphatic carbocycles. The van der Waals surface area contributed by atoms with Gasteiger partial charge in [0.15, 0.2) is 0 Å². The molecule has 1 aliphatic rings. The van der Waals surface area contributed by atoms with Crippen LogP contribution >= 0.6 is 0 Å². The Balaban J connectivity index is 1.62. The third-order valence-corrected chi connectivity index (χ3v) is 3.90. The van der Waals surface area contributed by atoms with Crippen molar-refractivity contribution in [1.82, 2.24) is 15.0 Å². The van der Waals surface area contributed by atoms with Crippen LogP contribution in [0.15, 0.2) is 24.5 Å². The van der Waals surface area contributed by atoms with Gasteiger partial charge >= 0.3 is 0 Å². The lowest BCUT2D eigenvalue weighted by Crippen LogP contribution is -2.16. The molecule has 1 saturated carbocycles. The number of aryl methyl sites for hydroxylation is 1. The molecule has 0 aliphatic heterocycles. The van der Waals surface area contributed by atoms with Crippen molar-refractivity contribution < 1.29 is 9.47 Å². The molecule has 0 unspecified atom stereocenters. The number of nitrogens with one attached hydrogen (secondary N) is 1. The van der Waals surface area contributed by atoms with Gasteiger partial charge in [0.25, 0.3) is 0 Å². The minimum absolute atomic E-state index is 0.0934. The molecule has 2 atom stereocenters. The molecule has 1 fully saturated rings. The van der Waals surface area contributed by atoms with Crippen LogP contribution in [-0.2, 0) is 0 Å². The Morgan fingerprint density at radius 1 is 1.35 bits per heavy atom. The van der Waals surface area contributed by atoms with Crippen LogP contribution in [0.5, 0.6) is 11.6 Å². The molecule has 2 aromatic rings. The number of methoxy groups -OCH3 is 1. The summed E-state index contributed by atoms with van der Waals surface area (Å²) in [5, 5.41) is 7.56. The van der Waals surface area contributed by atoms with Crippen molar-refractivity contribution in [2.75, 3.05) is 13.7 Å². The van der Waals surface area contributed by atoms with Crippen LogP contribution in [0.1, 0.15) is 29.4 Å². The van der Waals surface area contributed by atoms with Gasteiger partial charge in [0.1, 0.15) is 17.4 Å². The van der Waals surface area contributed by atoms with Gasteiger partial charge in [-0.2, -0.15) is 4.98 Å². The Kier molecular flexibility index (Phi) is 4.10. The average Bonchev–Trinajstić information content (AvgIpc) is 3.32. The van der Waals surface area contributed by atoms with Gasteiger partial charge < -0.3 is 15.2 Å². The Labute approximate surface area is 134 Å². The number of amidine groups is 1. The molecule has 120 valence electrons. The zero-order valence-electron chi connectivity index (χ0n) is 13.1. The lowest BCUT2D eigenvalue weighted by atomic mass is 10.2. The maximum atomic E-state index is 7.56. The monoisotopic (exact) mass is 313 g/mol. The van der Waals surface area contributed by atoms with Crippen molar-refractivity contribution in [3.05, 3.63) is 41.6 Å². The normalized spacial score (nSPS) is 19.2. The van der Waals surface area contributed by atoms with Crippen molar-refractivity contribution in [3.8, 4) is 11.6 Å². The van der Waals surface area contributed by atoms with Crippen molar-refractivity contribution >= 4 is 5.84 Å². The smallest absolute Gasteiger partial charge is 0.227 e. The molecule has 0 radical (unpaired) electrons. The van der Waals surface area contributed by atoms with E-state index >= 15 is 0 Å². The summed E-state index contributed by atoms with van der Waals surface area (Å²) >= 11 is 0. The summed E-state index contributed by atoms with van der Waals surface area (Å²) in [5.74, 6) is 2.41. The van der Waals surface area contributed by atoms with Gasteiger partial charge in [-0.05, 0) is 25.5 Å². The average molecular weight is 313 g/mol. The fourth-order valence-corrected chi connectivity index (χ4v) is 2.46. The molecule has 7 heteroatoms. The van der Waals surface area contributed by atoms with E-state index in [1.54, 1.807) is 20.2 Å². The molecule has 3 rings (SSSR count). The number of ether oxygens (including phenoxy) is 2. The zero-order chi connectivity index (χ0) is 16.4. The summed E-state index contributed by atoms with van der Waals surface area (Å²) < 4.78 is 10.9. The number of rotatable bonds is 6. The highest BCUT2D eigenvalue weighted by Crippen LogP contribution is 2.46. The van der Waals surface area contributed by atoms with E-state index in [-0.39, 0.29) is 5.84 Å². The number of hydrogen-bond acceptors (Lipinski definition) is 6. The van der Waals surface area contributed by atoms with Gasteiger partial charge in [0.05, 0.1) is 25.5 Å². The molecular formula is C16H19N5O2. The summed E-state index contributed by atoms with van der Waals surface area (Å²) in [7, 11) is 1.63. The third kappa shape index (κ3) is 3.39. The standard InChI is InChI=1S/C16H19N5O2/c1-9-19-7-13(15(17)18)16(21-9)23-8-10-5-12(10)14-4-3-11(22-2)6-20-14/h3-4,6-7,10,12H,5,8H2,1-2H3,(H3,17,18)/t10-,12+/m1/s1. The zero-order valence-corrected chi connectivity index (χ0v) is 13.1. The molecule has 0 amide bonds. The lowest BCUT2D eigenvalue weighted by Gasteiger charge is -2.09. The molecule has 2 heterocycles. The molecule has 23 heavy (non-hydrogen) atoms. The number of hydrogen-bond donors (Lipinski definition) is 2. The number of nitrogens with zero attached hydrogens (tertiary/aromatic N) is 3. The molecule has 3 N–H and O–H groups in total. The van der Waals surface area contributed by atoms with Crippen LogP contribution in [-0.4, -0.2) is 34.5 Å². The number of nitrogens with two attached hydrogens (primary N) is 1. The second-order valence-electron chi connectivity index (χ2n) is 5.59. The summed E-state index contributed by atoms with van der Waals surface area (Å²) in [4.78, 5) is 12.7. The van der Waals surface area contributed by atoms with Gasteiger partial charge in [0, 0.05) is 23.7 Å². The highest BCUT2D eigenvalue weighted by Gasteiger charge is 2.40. The molecule has 0 saturated heterocycles. The van der Waals surface area contributed by atoms with Gasteiger partial charge in [-0.25, -0.2) is 4.98 Å². The van der Waals surface area contributed by atoms with E-state index in [1.165, 1.54) is 6.20 Å². The van der Waals surface area contributed by atoms with Crippen LogP contribution in [0.2, 0.25) is 0 Å². The van der Waals surface area contributed by atoms with E-state index in [4.69, 9.17) is 20.6 Å². The molecule has 2 aromatic heterocycles. The molecule has 7 nitrogen and oxygen atoms in total. The van der Waals surface area contributed by atoms with Gasteiger partial charge in [-0.15, -0.1) is 0 Å². The molecule has 0 bridgehead atoms. The van der Waals surface area contributed by atoms with Crippen LogP contribution in [0.4, 0.5) is 0 Å². The lowest BCUT2D eigenvalue weighted by molar-refractivity contribution is 0.283. The maximum absolute atomic E-state index is 7.56. The van der Waals surface area contributed by atoms with Crippen molar-refractivity contribution in [2.24, 2.45) is 11.7 Å². The van der Waals surface area contributed by atoms with E-state index in [0.29, 0.717) is 35.7 Å². The van der Waals surface area contributed by atoms with E-state index in [9.17, 15) is 0 Å². The summed E-state index contributed by atoms with van der Waals surface area (Å²) in [6.07, 6.45) is 4.28. The molecule has 0 spiro atoms. The number of pyridine rings is 1. The number of aromatic nitrogens is 3. The maximum Gasteiger partial charge on any atom is 0.227 e. The van der Waals surface area contributed by atoms with Crippen LogP contribution in [0.3, 0.4) is 0 Å². The third-order valence-electron chi connectivity index (χ3n) is 3.90. The van der Waals surface area contributed by atoms with Gasteiger partial charge in [-0.1, -0.05) is 0 Å². The summed E-state index contributed by atoms with van der Waals surface area (Å²) in [6, 6.07) is 3.90. The van der Waals surface area contributed by atoms with Crippen molar-refractivity contribution in [1.29, 1.82) is 5.41 Å². The highest BCUT2D eigenvalue weighted by atomic mass is 16.5. The molecule has 0 aromatic carbocycles. The predicted octanol–water partition coefficient (Wildman–Crippen LogP) is 1.66. The van der Waals surface area contributed by atoms with Crippen molar-refractivity contribution in [2.45, 2.75) is 19.3 Å². The fraction of sp³-hybridized carbons (Fsp3) is 0.375. The first kappa shape index (κ1) is 15.2. The Morgan fingerprint density at radius 2 is 2.17 bits per heavy atom. The Bertz CT molecular complexity index is 717. The quantitative estimate of drug-likeness (QED) is 0.620. The van der Waals surface area contributed by atoms with E-state index < -0.39 is 0 Å². The van der Waals surface area contributed by atoms with Crippen LogP contribution in [0, 0.1) is 18.3 Å². The first-order valence-corrected chi connectivity index (χ1v) is 7.39. The second kappa shape index (κ2) is 6.20. The van der Waals surface area contributed by atoms with Crippen LogP contribution in [0.25, 0.3) is 0 Å². The first-order chi connectivity index (χ1) is 11.1. The molecular weight excluding hydrogens is 294 g/mol. The Morgan fingerprint density at radius 3 is 2.83 bits per heavy atom. The van der Waals surface area contributed by atoms with E-state index in [0.717, 1.165) is 17.9 Å². The predicted molar refractivity (Wildman–Crippen MR) is 84.9 cm³/mol. The van der Waals surface area contributed by atoms with E-state index in [1.807, 2.05) is 12.1 Å². The Hall–Kier alpha value is -2.70. The van der Waals surface area contributed by atoms with Crippen molar-refractivity contribution in [3.63, 3.8) is 0 Å². The summed E-state index contributed by atoms with van der Waals surface area (Å²) in [6.45, 7) is 2.30. The van der Waals surface area contributed by atoms with Gasteiger partial charge in [-0.3, -0.25) is 10.4 Å². The summed E-state index contributed by atoms with van der Waals surface area (Å²) in [5.41, 5.74) is 7.01. The minimum atomic E-state index is -0.0934. The minimum Gasteiger partial charge on any atom is -0.495 e. The second-order valence-corrected chi connectivity index (χ2v) is 5.59. The van der Waals surface area contributed by atoms with Crippen LogP contribution < -0.4 is 15.2 Å². The largest absolute Gasteiger partial charge is 0.495 e. The van der Waals surface area contributed by atoms with Gasteiger partial charge in [0.2, 0.25) is 5.88 Å². The fourth-order valence-electron chi connectivity index (χ4n) is 2.46. The SMILES string of the molecule is COc1ccc([C@H]2C[C@@H]2COc2nc(C)ncc2C(=N)N)nc1.